The summed E-state index contributed by atoms with van der Waals surface area (Å²) < 4.78 is 0. The van der Waals surface area contributed by atoms with Crippen molar-refractivity contribution < 1.29 is 4.79 Å². The van der Waals surface area contributed by atoms with Crippen LogP contribution < -0.4 is 10.2 Å². The average Bonchev–Trinajstić information content (AvgIpc) is 2.60. The third-order valence-corrected chi connectivity index (χ3v) is 3.78. The van der Waals surface area contributed by atoms with Crippen LogP contribution in [0.2, 0.25) is 6.04 Å². The molecule has 0 fully saturated rings. The number of nitrogens with one attached hydrogen (secondary N) is 1. The second-order valence-electron chi connectivity index (χ2n) is 5.49. The minimum absolute atomic E-state index is 0.132. The molecule has 0 atom stereocenters. The highest BCUT2D eigenvalue weighted by Gasteiger charge is 2.09. The number of hydrogen-bond acceptors (Lipinski definition) is 4. The Morgan fingerprint density at radius 1 is 1.08 bits per heavy atom. The van der Waals surface area contributed by atoms with Crippen molar-refractivity contribution in [1.82, 2.24) is 5.32 Å². The highest BCUT2D eigenvalue weighted by molar-refractivity contribution is 6.08. The molecular weight excluding hydrogens is 316 g/mol. The van der Waals surface area contributed by atoms with Gasteiger partial charge < -0.3 is 10.2 Å². The highest BCUT2D eigenvalue weighted by Crippen LogP contribution is 2.23. The van der Waals surface area contributed by atoms with Gasteiger partial charge in [-0.1, -0.05) is 18.2 Å². The summed E-state index contributed by atoms with van der Waals surface area (Å²) >= 11 is 0. The van der Waals surface area contributed by atoms with Gasteiger partial charge in [0.2, 0.25) is 0 Å². The smallest absolute Gasteiger partial charge is 0.253 e. The van der Waals surface area contributed by atoms with Crippen molar-refractivity contribution in [2.24, 2.45) is 10.2 Å². The topological polar surface area (TPSA) is 57.1 Å². The molecule has 0 aromatic heterocycles. The van der Waals surface area contributed by atoms with Crippen LogP contribution in [-0.2, 0) is 0 Å². The quantitative estimate of drug-likeness (QED) is 0.473. The molecule has 0 saturated carbocycles. The largest absolute Gasteiger partial charge is 0.378 e. The fraction of sp³-hybridized carbons (Fsp3) is 0.278. The Morgan fingerprint density at radius 3 is 2.46 bits per heavy atom. The molecule has 0 aliphatic rings. The SMILES string of the molecule is CN(C)c1ccc(N=Nc2ccccc2C(=O)NCCC[Si])cc1. The maximum absolute atomic E-state index is 12.2. The lowest BCUT2D eigenvalue weighted by atomic mass is 10.1. The van der Waals surface area contributed by atoms with Crippen LogP contribution in [0.1, 0.15) is 16.8 Å². The zero-order chi connectivity index (χ0) is 17.4. The first-order valence-electron chi connectivity index (χ1n) is 7.83. The van der Waals surface area contributed by atoms with Crippen LogP contribution in [-0.4, -0.2) is 36.8 Å². The lowest BCUT2D eigenvalue weighted by Gasteiger charge is -2.11. The molecule has 1 amide bonds. The van der Waals surface area contributed by atoms with E-state index in [9.17, 15) is 4.79 Å². The second-order valence-corrected chi connectivity index (χ2v) is 5.99. The normalized spacial score (nSPS) is 10.8. The van der Waals surface area contributed by atoms with E-state index in [1.54, 1.807) is 12.1 Å². The standard InChI is InChI=1S/C18H21N4OSi/c1-22(2)15-10-8-14(9-11-15)20-21-17-7-4-3-6-16(17)18(23)19-12-5-13-24/h3-4,6-11H,5,12-13H2,1-2H3,(H,19,23). The van der Waals surface area contributed by atoms with Crippen molar-refractivity contribution in [3.63, 3.8) is 0 Å². The van der Waals surface area contributed by atoms with Crippen LogP contribution in [0, 0.1) is 0 Å². The molecule has 2 aromatic carbocycles. The highest BCUT2D eigenvalue weighted by atomic mass is 28.1. The third kappa shape index (κ3) is 5.02. The van der Waals surface area contributed by atoms with Crippen LogP contribution in [0.3, 0.4) is 0 Å². The Balaban J connectivity index is 2.13. The first kappa shape index (κ1) is 17.9. The summed E-state index contributed by atoms with van der Waals surface area (Å²) in [6.07, 6.45) is 0.880. The van der Waals surface area contributed by atoms with Crippen LogP contribution in [0.25, 0.3) is 0 Å². The van der Waals surface area contributed by atoms with E-state index >= 15 is 0 Å². The number of carbonyl (C=O) groups is 1. The lowest BCUT2D eigenvalue weighted by molar-refractivity contribution is 0.0954. The van der Waals surface area contributed by atoms with Gasteiger partial charge >= 0.3 is 0 Å². The number of hydrogen-bond donors (Lipinski definition) is 1. The average molecular weight is 337 g/mol. The molecule has 0 heterocycles. The van der Waals surface area contributed by atoms with E-state index in [2.05, 4.69) is 25.8 Å². The van der Waals surface area contributed by atoms with Crippen molar-refractivity contribution in [2.45, 2.75) is 12.5 Å². The zero-order valence-corrected chi connectivity index (χ0v) is 15.0. The van der Waals surface area contributed by atoms with Crippen LogP contribution in [0.15, 0.2) is 58.8 Å². The summed E-state index contributed by atoms with van der Waals surface area (Å²) in [5.74, 6) is -0.132. The molecule has 0 unspecified atom stereocenters. The lowest BCUT2D eigenvalue weighted by Crippen LogP contribution is -2.24. The summed E-state index contributed by atoms with van der Waals surface area (Å²) in [4.78, 5) is 14.3. The Morgan fingerprint density at radius 2 is 1.79 bits per heavy atom. The summed E-state index contributed by atoms with van der Waals surface area (Å²) in [5.41, 5.74) is 2.93. The Hall–Kier alpha value is -2.47. The molecule has 3 radical (unpaired) electrons. The predicted octanol–water partition coefficient (Wildman–Crippen LogP) is 3.87. The first-order valence-corrected chi connectivity index (χ1v) is 8.53. The molecule has 2 rings (SSSR count). The van der Waals surface area contributed by atoms with Gasteiger partial charge in [-0.15, -0.1) is 5.11 Å². The molecule has 6 heteroatoms. The van der Waals surface area contributed by atoms with E-state index in [0.717, 1.165) is 23.8 Å². The fourth-order valence-electron chi connectivity index (χ4n) is 2.07. The summed E-state index contributed by atoms with van der Waals surface area (Å²) in [5, 5.41) is 11.4. The van der Waals surface area contributed by atoms with Gasteiger partial charge in [0.05, 0.1) is 16.9 Å². The van der Waals surface area contributed by atoms with Crippen molar-refractivity contribution in [3.8, 4) is 0 Å². The van der Waals surface area contributed by atoms with Crippen LogP contribution in [0.4, 0.5) is 17.1 Å². The Kier molecular flexibility index (Phi) is 6.69. The Bertz CT molecular complexity index is 698. The molecular formula is C18H21N4OSi. The van der Waals surface area contributed by atoms with Gasteiger partial charge in [0.1, 0.15) is 0 Å². The minimum atomic E-state index is -0.132. The molecule has 0 saturated heterocycles. The van der Waals surface area contributed by atoms with Gasteiger partial charge in [-0.05, 0) is 42.8 Å². The summed E-state index contributed by atoms with van der Waals surface area (Å²) in [6.45, 7) is 0.625. The number of azo groups is 1. The van der Waals surface area contributed by atoms with E-state index in [1.165, 1.54) is 0 Å². The van der Waals surface area contributed by atoms with Gasteiger partial charge in [0.15, 0.2) is 0 Å². The van der Waals surface area contributed by atoms with E-state index in [1.807, 2.05) is 55.4 Å². The first-order chi connectivity index (χ1) is 11.6. The predicted molar refractivity (Wildman–Crippen MR) is 98.9 cm³/mol. The molecule has 2 aromatic rings. The minimum Gasteiger partial charge on any atom is -0.378 e. The number of benzene rings is 2. The van der Waals surface area contributed by atoms with E-state index in [0.29, 0.717) is 17.8 Å². The maximum atomic E-state index is 12.2. The number of rotatable bonds is 7. The van der Waals surface area contributed by atoms with Gasteiger partial charge in [-0.25, -0.2) is 0 Å². The van der Waals surface area contributed by atoms with Gasteiger partial charge in [0, 0.05) is 36.6 Å². The molecule has 0 bridgehead atoms. The van der Waals surface area contributed by atoms with E-state index < -0.39 is 0 Å². The van der Waals surface area contributed by atoms with E-state index in [-0.39, 0.29) is 5.91 Å². The zero-order valence-electron chi connectivity index (χ0n) is 14.0. The second kappa shape index (κ2) is 8.98. The van der Waals surface area contributed by atoms with Gasteiger partial charge in [0.25, 0.3) is 5.91 Å². The van der Waals surface area contributed by atoms with Gasteiger partial charge in [-0.2, -0.15) is 5.11 Å². The third-order valence-electron chi connectivity index (χ3n) is 3.43. The monoisotopic (exact) mass is 337 g/mol. The molecule has 24 heavy (non-hydrogen) atoms. The molecule has 0 aliphatic heterocycles. The Labute approximate surface area is 146 Å². The van der Waals surface area contributed by atoms with Crippen LogP contribution >= 0.6 is 0 Å². The molecule has 0 spiro atoms. The maximum Gasteiger partial charge on any atom is 0.253 e. The molecule has 1 N–H and O–H groups in total. The van der Waals surface area contributed by atoms with Crippen molar-refractivity contribution in [3.05, 3.63) is 54.1 Å². The van der Waals surface area contributed by atoms with Crippen molar-refractivity contribution in [1.29, 1.82) is 0 Å². The van der Waals surface area contributed by atoms with Crippen molar-refractivity contribution in [2.75, 3.05) is 25.5 Å². The number of nitrogens with zero attached hydrogens (tertiary/aromatic N) is 3. The number of anilines is 1. The summed E-state index contributed by atoms with van der Waals surface area (Å²) in [7, 11) is 7.37. The number of amides is 1. The fourth-order valence-corrected chi connectivity index (χ4v) is 2.24. The van der Waals surface area contributed by atoms with E-state index in [4.69, 9.17) is 0 Å². The summed E-state index contributed by atoms with van der Waals surface area (Å²) in [6, 6.07) is 15.8. The number of carbonyl (C=O) groups excluding carboxylic acids is 1. The van der Waals surface area contributed by atoms with Gasteiger partial charge in [-0.3, -0.25) is 4.79 Å². The molecule has 0 aliphatic carbocycles. The molecule has 123 valence electrons. The van der Waals surface area contributed by atoms with Crippen molar-refractivity contribution >= 4 is 33.2 Å². The molecule has 5 nitrogen and oxygen atoms in total. The van der Waals surface area contributed by atoms with Crippen LogP contribution in [0.5, 0.6) is 0 Å².